The molecule has 1 aromatic carbocycles. The second-order valence-corrected chi connectivity index (χ2v) is 5.28. The zero-order chi connectivity index (χ0) is 18.3. The van der Waals surface area contributed by atoms with E-state index in [1.54, 1.807) is 0 Å². The van der Waals surface area contributed by atoms with Crippen molar-refractivity contribution in [2.75, 3.05) is 7.11 Å². The molecule has 0 bridgehead atoms. The molecule has 0 aromatic heterocycles. The summed E-state index contributed by atoms with van der Waals surface area (Å²) in [5.74, 6) is -5.79. The van der Waals surface area contributed by atoms with E-state index >= 15 is 0 Å². The number of hydrogen-bond acceptors (Lipinski definition) is 5. The Morgan fingerprint density at radius 1 is 1.12 bits per heavy atom. The van der Waals surface area contributed by atoms with Crippen molar-refractivity contribution in [1.82, 2.24) is 0 Å². The third kappa shape index (κ3) is 3.34. The topological polar surface area (TPSA) is 61.8 Å². The summed E-state index contributed by atoms with van der Waals surface area (Å²) in [5, 5.41) is 0. The minimum absolute atomic E-state index is 0.497. The number of esters is 2. The molecule has 1 heterocycles. The number of benzene rings is 1. The number of halogens is 4. The van der Waals surface area contributed by atoms with E-state index in [4.69, 9.17) is 9.47 Å². The SMILES string of the molecule is COc1c(C(F)(F)F)ccc(F)c1C=C1C(=O)OC(C)(C)OC1=O. The van der Waals surface area contributed by atoms with Gasteiger partial charge in [0.15, 0.2) is 0 Å². The highest BCUT2D eigenvalue weighted by molar-refractivity contribution is 6.19. The van der Waals surface area contributed by atoms with Gasteiger partial charge in [-0.1, -0.05) is 0 Å². The molecule has 0 N–H and O–H groups in total. The van der Waals surface area contributed by atoms with Gasteiger partial charge in [0.2, 0.25) is 0 Å². The molecule has 130 valence electrons. The van der Waals surface area contributed by atoms with Crippen LogP contribution in [0.3, 0.4) is 0 Å². The number of rotatable bonds is 2. The van der Waals surface area contributed by atoms with Crippen molar-refractivity contribution >= 4 is 18.0 Å². The van der Waals surface area contributed by atoms with Gasteiger partial charge >= 0.3 is 18.1 Å². The van der Waals surface area contributed by atoms with Crippen LogP contribution in [0.15, 0.2) is 17.7 Å². The summed E-state index contributed by atoms with van der Waals surface area (Å²) in [4.78, 5) is 23.7. The molecule has 0 atom stereocenters. The Balaban J connectivity index is 2.61. The lowest BCUT2D eigenvalue weighted by Crippen LogP contribution is -2.41. The summed E-state index contributed by atoms with van der Waals surface area (Å²) in [7, 11) is 0.909. The lowest BCUT2D eigenvalue weighted by molar-refractivity contribution is -0.222. The first-order chi connectivity index (χ1) is 11.0. The minimum atomic E-state index is -4.82. The van der Waals surface area contributed by atoms with Gasteiger partial charge < -0.3 is 14.2 Å². The number of alkyl halides is 3. The summed E-state index contributed by atoms with van der Waals surface area (Å²) >= 11 is 0. The molecule has 24 heavy (non-hydrogen) atoms. The lowest BCUT2D eigenvalue weighted by atomic mass is 10.0. The van der Waals surface area contributed by atoms with E-state index < -0.39 is 52.2 Å². The van der Waals surface area contributed by atoms with Gasteiger partial charge in [0.05, 0.1) is 18.2 Å². The molecular formula is C15H12F4O5. The molecule has 1 fully saturated rings. The smallest absolute Gasteiger partial charge is 0.419 e. The highest BCUT2D eigenvalue weighted by atomic mass is 19.4. The van der Waals surface area contributed by atoms with Crippen molar-refractivity contribution in [1.29, 1.82) is 0 Å². The van der Waals surface area contributed by atoms with Crippen LogP contribution in [0.2, 0.25) is 0 Å². The molecule has 0 radical (unpaired) electrons. The largest absolute Gasteiger partial charge is 0.495 e. The van der Waals surface area contributed by atoms with Gasteiger partial charge in [-0.3, -0.25) is 0 Å². The molecule has 5 nitrogen and oxygen atoms in total. The summed E-state index contributed by atoms with van der Waals surface area (Å²) in [6, 6.07) is 1.05. The molecule has 0 aliphatic carbocycles. The van der Waals surface area contributed by atoms with Crippen molar-refractivity contribution in [3.63, 3.8) is 0 Å². The first-order valence-electron chi connectivity index (χ1n) is 6.58. The van der Waals surface area contributed by atoms with Crippen LogP contribution < -0.4 is 4.74 Å². The average Bonchev–Trinajstić information content (AvgIpc) is 2.41. The van der Waals surface area contributed by atoms with E-state index in [1.807, 2.05) is 0 Å². The Bertz CT molecular complexity index is 712. The quantitative estimate of drug-likeness (QED) is 0.356. The fraction of sp³-hybridized carbons (Fsp3) is 0.333. The van der Waals surface area contributed by atoms with E-state index in [0.29, 0.717) is 18.2 Å². The Kier molecular flexibility index (Phi) is 4.30. The number of cyclic esters (lactones) is 2. The maximum absolute atomic E-state index is 14.0. The number of carbonyl (C=O) groups excluding carboxylic acids is 2. The van der Waals surface area contributed by atoms with Gasteiger partial charge in [-0.2, -0.15) is 13.2 Å². The fourth-order valence-electron chi connectivity index (χ4n) is 2.08. The van der Waals surface area contributed by atoms with Gasteiger partial charge in [-0.15, -0.1) is 0 Å². The van der Waals surface area contributed by atoms with Crippen LogP contribution in [0.4, 0.5) is 17.6 Å². The molecular weight excluding hydrogens is 336 g/mol. The summed E-state index contributed by atoms with van der Waals surface area (Å²) in [5.41, 5.74) is -2.71. The number of carbonyl (C=O) groups is 2. The van der Waals surface area contributed by atoms with Crippen LogP contribution in [0, 0.1) is 5.82 Å². The van der Waals surface area contributed by atoms with Crippen LogP contribution in [-0.2, 0) is 25.2 Å². The molecule has 0 saturated carbocycles. The van der Waals surface area contributed by atoms with E-state index in [2.05, 4.69) is 4.74 Å². The third-order valence-electron chi connectivity index (χ3n) is 3.06. The van der Waals surface area contributed by atoms with Crippen LogP contribution in [0.5, 0.6) is 5.75 Å². The zero-order valence-corrected chi connectivity index (χ0v) is 12.8. The van der Waals surface area contributed by atoms with Crippen LogP contribution in [0.25, 0.3) is 6.08 Å². The third-order valence-corrected chi connectivity index (χ3v) is 3.06. The van der Waals surface area contributed by atoms with Gasteiger partial charge in [0.25, 0.3) is 5.79 Å². The lowest BCUT2D eigenvalue weighted by Gasteiger charge is -2.29. The highest BCUT2D eigenvalue weighted by Gasteiger charge is 2.40. The summed E-state index contributed by atoms with van der Waals surface area (Å²) < 4.78 is 67.1. The molecule has 1 aliphatic heterocycles. The maximum Gasteiger partial charge on any atom is 0.419 e. The molecule has 0 unspecified atom stereocenters. The van der Waals surface area contributed by atoms with Gasteiger partial charge in [-0.25, -0.2) is 14.0 Å². The molecule has 9 heteroatoms. The number of methoxy groups -OCH3 is 1. The minimum Gasteiger partial charge on any atom is -0.495 e. The van der Waals surface area contributed by atoms with E-state index in [9.17, 15) is 27.2 Å². The summed E-state index contributed by atoms with van der Waals surface area (Å²) in [6.07, 6.45) is -4.20. The highest BCUT2D eigenvalue weighted by Crippen LogP contribution is 2.40. The fourth-order valence-corrected chi connectivity index (χ4v) is 2.08. The van der Waals surface area contributed by atoms with Crippen molar-refractivity contribution in [2.45, 2.75) is 25.8 Å². The van der Waals surface area contributed by atoms with Crippen molar-refractivity contribution in [3.8, 4) is 5.75 Å². The Labute approximate surface area is 133 Å². The summed E-state index contributed by atoms with van der Waals surface area (Å²) in [6.45, 7) is 2.59. The monoisotopic (exact) mass is 348 g/mol. The second-order valence-electron chi connectivity index (χ2n) is 5.28. The first kappa shape index (κ1) is 17.8. The predicted octanol–water partition coefficient (Wildman–Crippen LogP) is 3.07. The average molecular weight is 348 g/mol. The Morgan fingerprint density at radius 2 is 1.67 bits per heavy atom. The first-order valence-corrected chi connectivity index (χ1v) is 6.58. The standard InChI is InChI=1S/C15H12F4O5/c1-14(2)23-12(20)8(13(21)24-14)6-7-10(16)5-4-9(11(7)22-3)15(17,18)19/h4-6H,1-3H3. The van der Waals surface area contributed by atoms with Crippen LogP contribution in [-0.4, -0.2) is 24.8 Å². The predicted molar refractivity (Wildman–Crippen MR) is 72.2 cm³/mol. The molecule has 1 aromatic rings. The maximum atomic E-state index is 14.0. The Hall–Kier alpha value is -2.58. The van der Waals surface area contributed by atoms with E-state index in [0.717, 1.165) is 7.11 Å². The van der Waals surface area contributed by atoms with Crippen molar-refractivity contribution < 1.29 is 41.4 Å². The molecule has 2 rings (SSSR count). The van der Waals surface area contributed by atoms with E-state index in [-0.39, 0.29) is 0 Å². The number of hydrogen-bond donors (Lipinski definition) is 0. The zero-order valence-electron chi connectivity index (χ0n) is 12.8. The Morgan fingerprint density at radius 3 is 2.12 bits per heavy atom. The second kappa shape index (κ2) is 5.81. The number of ether oxygens (including phenoxy) is 3. The normalized spacial score (nSPS) is 17.2. The van der Waals surface area contributed by atoms with E-state index in [1.165, 1.54) is 13.8 Å². The molecule has 1 saturated heterocycles. The molecule has 1 aliphatic rings. The van der Waals surface area contributed by atoms with Crippen LogP contribution in [0.1, 0.15) is 25.0 Å². The van der Waals surface area contributed by atoms with Crippen molar-refractivity contribution in [3.05, 3.63) is 34.6 Å². The van der Waals surface area contributed by atoms with Gasteiger partial charge in [0, 0.05) is 13.8 Å². The van der Waals surface area contributed by atoms with Gasteiger partial charge in [-0.05, 0) is 18.2 Å². The van der Waals surface area contributed by atoms with Crippen molar-refractivity contribution in [2.24, 2.45) is 0 Å². The molecule has 0 spiro atoms. The molecule has 0 amide bonds. The van der Waals surface area contributed by atoms with Gasteiger partial charge in [0.1, 0.15) is 17.1 Å². The van der Waals surface area contributed by atoms with Crippen LogP contribution >= 0.6 is 0 Å².